The van der Waals surface area contributed by atoms with E-state index in [4.69, 9.17) is 27.9 Å². The predicted octanol–water partition coefficient (Wildman–Crippen LogP) is 3.69. The van der Waals surface area contributed by atoms with Gasteiger partial charge in [-0.05, 0) is 95.2 Å². The van der Waals surface area contributed by atoms with Gasteiger partial charge in [0.2, 0.25) is 5.91 Å². The summed E-state index contributed by atoms with van der Waals surface area (Å²) >= 11 is 11.9. The van der Waals surface area contributed by atoms with Gasteiger partial charge < -0.3 is 25.8 Å². The smallest absolute Gasteiger partial charge is 0.258 e. The molecule has 2 saturated carbocycles. The molecule has 1 aliphatic heterocycles. The third kappa shape index (κ3) is 7.03. The molecular formula is C26H37Cl2N3O4. The molecule has 0 bridgehead atoms. The number of halogens is 2. The molecule has 4 N–H and O–H groups in total. The van der Waals surface area contributed by atoms with Gasteiger partial charge in [-0.25, -0.2) is 0 Å². The third-order valence-corrected chi connectivity index (χ3v) is 8.59. The van der Waals surface area contributed by atoms with Crippen molar-refractivity contribution in [3.8, 4) is 5.75 Å². The maximum absolute atomic E-state index is 13.1. The number of hydrogen-bond donors (Lipinski definition) is 4. The van der Waals surface area contributed by atoms with E-state index < -0.39 is 5.60 Å². The number of benzene rings is 1. The molecule has 0 radical (unpaired) electrons. The first-order valence-electron chi connectivity index (χ1n) is 12.7. The summed E-state index contributed by atoms with van der Waals surface area (Å²) in [5.41, 5.74) is -0.669. The minimum Gasteiger partial charge on any atom is -0.484 e. The topological polar surface area (TPSA) is 99.7 Å². The molecule has 6 atom stereocenters. The van der Waals surface area contributed by atoms with Crippen molar-refractivity contribution in [2.75, 3.05) is 13.2 Å². The number of fused-ring (bicyclic) bond motifs is 1. The van der Waals surface area contributed by atoms with Crippen LogP contribution in [0.25, 0.3) is 0 Å². The minimum absolute atomic E-state index is 0.0443. The predicted molar refractivity (Wildman–Crippen MR) is 137 cm³/mol. The fraction of sp³-hybridized carbons (Fsp3) is 0.692. The van der Waals surface area contributed by atoms with Crippen molar-refractivity contribution in [3.63, 3.8) is 0 Å². The van der Waals surface area contributed by atoms with Crippen LogP contribution in [0.3, 0.4) is 0 Å². The van der Waals surface area contributed by atoms with Crippen LogP contribution in [0, 0.1) is 17.8 Å². The summed E-state index contributed by atoms with van der Waals surface area (Å²) in [6, 6.07) is 4.84. The molecule has 2 amide bonds. The van der Waals surface area contributed by atoms with Crippen LogP contribution in [-0.2, 0) is 9.59 Å². The van der Waals surface area contributed by atoms with Crippen LogP contribution >= 0.6 is 23.2 Å². The average Bonchev–Trinajstić information content (AvgIpc) is 2.99. The van der Waals surface area contributed by atoms with E-state index in [1.165, 1.54) is 0 Å². The molecule has 3 fully saturated rings. The second-order valence-electron chi connectivity index (χ2n) is 11.0. The Balaban J connectivity index is 1.24. The molecule has 3 aliphatic rings. The van der Waals surface area contributed by atoms with Crippen LogP contribution in [0.5, 0.6) is 5.75 Å². The first kappa shape index (κ1) is 26.5. The van der Waals surface area contributed by atoms with Crippen molar-refractivity contribution >= 4 is 35.0 Å². The zero-order chi connectivity index (χ0) is 25.2. The summed E-state index contributed by atoms with van der Waals surface area (Å²) in [7, 11) is 0. The molecule has 0 aromatic heterocycles. The maximum atomic E-state index is 13.1. The van der Waals surface area contributed by atoms with E-state index in [2.05, 4.69) is 16.0 Å². The lowest BCUT2D eigenvalue weighted by Gasteiger charge is -2.37. The fourth-order valence-electron chi connectivity index (χ4n) is 5.77. The lowest BCUT2D eigenvalue weighted by molar-refractivity contribution is -0.125. The van der Waals surface area contributed by atoms with Crippen LogP contribution in [0.1, 0.15) is 58.8 Å². The molecule has 1 heterocycles. The minimum atomic E-state index is -0.669. The summed E-state index contributed by atoms with van der Waals surface area (Å²) in [5.74, 6) is 1.63. The van der Waals surface area contributed by atoms with Crippen LogP contribution in [0.15, 0.2) is 18.2 Å². The number of rotatable bonds is 9. The normalized spacial score (nSPS) is 30.2. The number of piperidine rings is 1. The van der Waals surface area contributed by atoms with Gasteiger partial charge in [0.25, 0.3) is 5.91 Å². The van der Waals surface area contributed by atoms with E-state index in [0.29, 0.717) is 33.5 Å². The number of aliphatic hydroxyl groups is 1. The number of amides is 2. The van der Waals surface area contributed by atoms with E-state index in [0.717, 1.165) is 51.5 Å². The number of carbonyl (C=O) groups excluding carboxylic acids is 2. The molecule has 0 spiro atoms. The van der Waals surface area contributed by atoms with Crippen LogP contribution in [0.4, 0.5) is 0 Å². The summed E-state index contributed by atoms with van der Waals surface area (Å²) in [6.45, 7) is 4.40. The zero-order valence-corrected chi connectivity index (χ0v) is 22.0. The van der Waals surface area contributed by atoms with E-state index in [1.807, 2.05) is 13.8 Å². The highest BCUT2D eigenvalue weighted by atomic mass is 35.5. The molecule has 1 aromatic carbocycles. The number of nitrogens with one attached hydrogen (secondary N) is 3. The molecule has 6 unspecified atom stereocenters. The number of carbonyl (C=O) groups is 2. The average molecular weight is 527 g/mol. The highest BCUT2D eigenvalue weighted by Crippen LogP contribution is 2.47. The van der Waals surface area contributed by atoms with Gasteiger partial charge in [-0.3, -0.25) is 9.59 Å². The second-order valence-corrected chi connectivity index (χ2v) is 11.9. The highest BCUT2D eigenvalue weighted by molar-refractivity contribution is 6.42. The van der Waals surface area contributed by atoms with Crippen LogP contribution in [-0.4, -0.2) is 53.8 Å². The lowest BCUT2D eigenvalue weighted by Crippen LogP contribution is -2.52. The van der Waals surface area contributed by atoms with Crippen LogP contribution in [0.2, 0.25) is 10.0 Å². The molecule has 1 aromatic rings. The zero-order valence-electron chi connectivity index (χ0n) is 20.5. The van der Waals surface area contributed by atoms with Crippen molar-refractivity contribution in [1.82, 2.24) is 16.0 Å². The molecule has 35 heavy (non-hydrogen) atoms. The number of hydrogen-bond acceptors (Lipinski definition) is 5. The standard InChI is InChI=1S/C26H37Cl2N3O4/c1-26(2,34)9-7-15-8-10-29-23(11-15)25(33)31-22-13-21(17-4-5-18(17)22)30-24(32)14-35-16-3-6-19(27)20(28)12-16/h3,6,12,15,17-18,21-23,29,34H,4-5,7-11,13-14H2,1-2H3,(H,30,32)(H,31,33). The van der Waals surface area contributed by atoms with Crippen molar-refractivity contribution in [3.05, 3.63) is 28.2 Å². The van der Waals surface area contributed by atoms with Crippen molar-refractivity contribution in [2.24, 2.45) is 17.8 Å². The second kappa shape index (κ2) is 11.2. The highest BCUT2D eigenvalue weighted by Gasteiger charge is 2.49. The van der Waals surface area contributed by atoms with Crippen molar-refractivity contribution in [1.29, 1.82) is 0 Å². The van der Waals surface area contributed by atoms with Gasteiger partial charge in [0.15, 0.2) is 6.61 Å². The Hall–Kier alpha value is -1.54. The largest absolute Gasteiger partial charge is 0.484 e. The molecular weight excluding hydrogens is 489 g/mol. The van der Waals surface area contributed by atoms with Gasteiger partial charge in [0, 0.05) is 18.2 Å². The van der Waals surface area contributed by atoms with Gasteiger partial charge in [-0.1, -0.05) is 23.2 Å². The van der Waals surface area contributed by atoms with Gasteiger partial charge >= 0.3 is 0 Å². The van der Waals surface area contributed by atoms with Crippen molar-refractivity contribution < 1.29 is 19.4 Å². The molecule has 4 rings (SSSR count). The van der Waals surface area contributed by atoms with E-state index in [1.54, 1.807) is 18.2 Å². The van der Waals surface area contributed by atoms with Gasteiger partial charge in [-0.15, -0.1) is 0 Å². The Morgan fingerprint density at radius 3 is 2.46 bits per heavy atom. The SMILES string of the molecule is CC(C)(O)CCC1CCNC(C(=O)NC2CC(NC(=O)COc3ccc(Cl)c(Cl)c3)C3CCC23)C1. The summed E-state index contributed by atoms with van der Waals surface area (Å²) in [5, 5.41) is 20.6. The molecule has 9 heteroatoms. The van der Waals surface area contributed by atoms with E-state index in [-0.39, 0.29) is 36.5 Å². The summed E-state index contributed by atoms with van der Waals surface area (Å²) in [6.07, 6.45) is 6.40. The monoisotopic (exact) mass is 525 g/mol. The van der Waals surface area contributed by atoms with Gasteiger partial charge in [0.05, 0.1) is 21.7 Å². The Morgan fingerprint density at radius 1 is 1.09 bits per heavy atom. The van der Waals surface area contributed by atoms with Gasteiger partial charge in [0.1, 0.15) is 5.75 Å². The third-order valence-electron chi connectivity index (χ3n) is 7.85. The van der Waals surface area contributed by atoms with Crippen LogP contribution < -0.4 is 20.7 Å². The fourth-order valence-corrected chi connectivity index (χ4v) is 6.06. The Labute approximate surface area is 217 Å². The first-order chi connectivity index (χ1) is 16.6. The lowest BCUT2D eigenvalue weighted by atomic mass is 9.73. The molecule has 1 saturated heterocycles. The maximum Gasteiger partial charge on any atom is 0.258 e. The quantitative estimate of drug-likeness (QED) is 0.394. The van der Waals surface area contributed by atoms with Crippen molar-refractivity contribution in [2.45, 2.75) is 82.5 Å². The molecule has 2 aliphatic carbocycles. The Bertz CT molecular complexity index is 922. The Kier molecular flexibility index (Phi) is 8.52. The van der Waals surface area contributed by atoms with Gasteiger partial charge in [-0.2, -0.15) is 0 Å². The summed E-state index contributed by atoms with van der Waals surface area (Å²) in [4.78, 5) is 25.6. The first-order valence-corrected chi connectivity index (χ1v) is 13.5. The number of ether oxygens (including phenoxy) is 1. The molecule has 194 valence electrons. The summed E-state index contributed by atoms with van der Waals surface area (Å²) < 4.78 is 5.57. The molecule has 7 nitrogen and oxygen atoms in total. The van der Waals surface area contributed by atoms with E-state index in [9.17, 15) is 14.7 Å². The Morgan fingerprint density at radius 2 is 1.80 bits per heavy atom. The van der Waals surface area contributed by atoms with E-state index >= 15 is 0 Å².